The second kappa shape index (κ2) is 9.66. The lowest BCUT2D eigenvalue weighted by atomic mass is 10.0. The number of esters is 1. The number of hydrogen-bond donors (Lipinski definition) is 1. The molecule has 0 bridgehead atoms. The third-order valence-corrected chi connectivity index (χ3v) is 6.00. The first-order valence-corrected chi connectivity index (χ1v) is 11.1. The molecule has 4 rings (SSSR count). The van der Waals surface area contributed by atoms with Gasteiger partial charge in [0.15, 0.2) is 0 Å². The Kier molecular flexibility index (Phi) is 6.64. The summed E-state index contributed by atoms with van der Waals surface area (Å²) in [5.74, 6) is -3.13. The highest BCUT2D eigenvalue weighted by atomic mass is 19.1. The SMILES string of the molecule is COC(=O)C(C(C)C)N1Cc2cc(-c3ccc(NC(=O)c4ccc(F)cc4F)cc3)ccc2C1=O. The minimum absolute atomic E-state index is 0.105. The molecule has 35 heavy (non-hydrogen) atoms. The van der Waals surface area contributed by atoms with E-state index in [1.807, 2.05) is 26.0 Å². The van der Waals surface area contributed by atoms with E-state index in [0.717, 1.165) is 28.8 Å². The van der Waals surface area contributed by atoms with Gasteiger partial charge in [-0.3, -0.25) is 9.59 Å². The van der Waals surface area contributed by atoms with Crippen LogP contribution < -0.4 is 5.32 Å². The van der Waals surface area contributed by atoms with Gasteiger partial charge in [0.05, 0.1) is 12.7 Å². The summed E-state index contributed by atoms with van der Waals surface area (Å²) in [6.45, 7) is 4.04. The molecule has 1 aliphatic rings. The summed E-state index contributed by atoms with van der Waals surface area (Å²) < 4.78 is 31.8. The molecule has 1 aliphatic heterocycles. The number of halogens is 2. The smallest absolute Gasteiger partial charge is 0.328 e. The quantitative estimate of drug-likeness (QED) is 0.504. The van der Waals surface area contributed by atoms with Crippen LogP contribution in [0.3, 0.4) is 0 Å². The van der Waals surface area contributed by atoms with E-state index in [0.29, 0.717) is 23.9 Å². The van der Waals surface area contributed by atoms with E-state index in [4.69, 9.17) is 4.74 Å². The van der Waals surface area contributed by atoms with Crippen LogP contribution in [-0.2, 0) is 16.1 Å². The average molecular weight is 478 g/mol. The normalized spacial score (nSPS) is 13.5. The number of carbonyl (C=O) groups excluding carboxylic acids is 3. The minimum Gasteiger partial charge on any atom is -0.467 e. The van der Waals surface area contributed by atoms with Crippen molar-refractivity contribution in [1.82, 2.24) is 4.90 Å². The van der Waals surface area contributed by atoms with Crippen molar-refractivity contribution in [3.8, 4) is 11.1 Å². The van der Waals surface area contributed by atoms with E-state index in [2.05, 4.69) is 5.32 Å². The fourth-order valence-corrected chi connectivity index (χ4v) is 4.25. The largest absolute Gasteiger partial charge is 0.467 e. The molecular formula is C27H24F2N2O4. The summed E-state index contributed by atoms with van der Waals surface area (Å²) in [4.78, 5) is 39.1. The summed E-state index contributed by atoms with van der Waals surface area (Å²) >= 11 is 0. The van der Waals surface area contributed by atoms with Gasteiger partial charge in [-0.05, 0) is 59.0 Å². The molecule has 0 radical (unpaired) electrons. The summed E-state index contributed by atoms with van der Waals surface area (Å²) in [5, 5.41) is 2.59. The van der Waals surface area contributed by atoms with Crippen molar-refractivity contribution >= 4 is 23.5 Å². The van der Waals surface area contributed by atoms with Crippen LogP contribution in [-0.4, -0.2) is 35.8 Å². The lowest BCUT2D eigenvalue weighted by Crippen LogP contribution is -2.45. The van der Waals surface area contributed by atoms with Gasteiger partial charge in [-0.25, -0.2) is 13.6 Å². The molecular weight excluding hydrogens is 454 g/mol. The number of rotatable bonds is 6. The minimum atomic E-state index is -0.937. The molecule has 1 N–H and O–H groups in total. The van der Waals surface area contributed by atoms with Crippen molar-refractivity contribution in [3.63, 3.8) is 0 Å². The predicted molar refractivity (Wildman–Crippen MR) is 127 cm³/mol. The molecule has 3 aromatic rings. The lowest BCUT2D eigenvalue weighted by Gasteiger charge is -2.28. The fraction of sp³-hybridized carbons (Fsp3) is 0.222. The molecule has 1 unspecified atom stereocenters. The Morgan fingerprint density at radius 1 is 0.971 bits per heavy atom. The number of ether oxygens (including phenoxy) is 1. The van der Waals surface area contributed by atoms with Gasteiger partial charge in [0, 0.05) is 23.9 Å². The Labute approximate surface area is 201 Å². The Hall–Kier alpha value is -4.07. The summed E-state index contributed by atoms with van der Waals surface area (Å²) in [5.41, 5.74) is 3.26. The van der Waals surface area contributed by atoms with Crippen molar-refractivity contribution in [2.24, 2.45) is 5.92 Å². The number of methoxy groups -OCH3 is 1. The molecule has 1 heterocycles. The van der Waals surface area contributed by atoms with Crippen LogP contribution >= 0.6 is 0 Å². The number of anilines is 1. The first kappa shape index (κ1) is 24.1. The van der Waals surface area contributed by atoms with Crippen LogP contribution in [0.5, 0.6) is 0 Å². The second-order valence-corrected chi connectivity index (χ2v) is 8.67. The summed E-state index contributed by atoms with van der Waals surface area (Å²) in [6.07, 6.45) is 0. The highest BCUT2D eigenvalue weighted by Gasteiger charge is 2.38. The maximum absolute atomic E-state index is 13.9. The van der Waals surface area contributed by atoms with Gasteiger partial charge < -0.3 is 15.0 Å². The standard InChI is InChI=1S/C27H24F2N2O4/c1-15(2)24(27(34)35-3)31-14-18-12-17(6-10-21(18)26(31)33)16-4-8-20(9-5-16)30-25(32)22-11-7-19(28)13-23(22)29/h4-13,15,24H,14H2,1-3H3,(H,30,32). The van der Waals surface area contributed by atoms with Crippen molar-refractivity contribution in [2.75, 3.05) is 12.4 Å². The van der Waals surface area contributed by atoms with Crippen LogP contribution in [0.2, 0.25) is 0 Å². The maximum Gasteiger partial charge on any atom is 0.328 e. The van der Waals surface area contributed by atoms with Crippen molar-refractivity contribution in [1.29, 1.82) is 0 Å². The topological polar surface area (TPSA) is 75.7 Å². The molecule has 0 fully saturated rings. The van der Waals surface area contributed by atoms with Crippen LogP contribution in [0.25, 0.3) is 11.1 Å². The van der Waals surface area contributed by atoms with Crippen LogP contribution in [0.4, 0.5) is 14.5 Å². The average Bonchev–Trinajstić information content (AvgIpc) is 3.14. The first-order valence-electron chi connectivity index (χ1n) is 11.1. The number of fused-ring (bicyclic) bond motifs is 1. The summed E-state index contributed by atoms with van der Waals surface area (Å²) in [6, 6.07) is 14.5. The molecule has 3 aromatic carbocycles. The first-order chi connectivity index (χ1) is 16.7. The van der Waals surface area contributed by atoms with E-state index in [-0.39, 0.29) is 17.4 Å². The Bertz CT molecular complexity index is 1310. The van der Waals surface area contributed by atoms with Gasteiger partial charge in [-0.1, -0.05) is 32.0 Å². The molecule has 0 aromatic heterocycles. The van der Waals surface area contributed by atoms with Gasteiger partial charge in [-0.2, -0.15) is 0 Å². The van der Waals surface area contributed by atoms with Crippen molar-refractivity contribution in [3.05, 3.63) is 89.0 Å². The molecule has 0 saturated carbocycles. The van der Waals surface area contributed by atoms with Gasteiger partial charge in [0.2, 0.25) is 0 Å². The van der Waals surface area contributed by atoms with Gasteiger partial charge in [-0.15, -0.1) is 0 Å². The van der Waals surface area contributed by atoms with E-state index >= 15 is 0 Å². The Morgan fingerprint density at radius 2 is 1.66 bits per heavy atom. The highest BCUT2D eigenvalue weighted by molar-refractivity contribution is 6.04. The predicted octanol–water partition coefficient (Wildman–Crippen LogP) is 5.04. The summed E-state index contributed by atoms with van der Waals surface area (Å²) in [7, 11) is 1.31. The molecule has 8 heteroatoms. The zero-order valence-electron chi connectivity index (χ0n) is 19.5. The monoisotopic (exact) mass is 478 g/mol. The zero-order chi connectivity index (χ0) is 25.3. The molecule has 6 nitrogen and oxygen atoms in total. The number of nitrogens with zero attached hydrogens (tertiary/aromatic N) is 1. The van der Waals surface area contributed by atoms with Crippen LogP contribution in [0.15, 0.2) is 60.7 Å². The van der Waals surface area contributed by atoms with E-state index in [9.17, 15) is 23.2 Å². The Balaban J connectivity index is 1.51. The molecule has 1 atom stereocenters. The number of nitrogens with one attached hydrogen (secondary N) is 1. The number of hydrogen-bond acceptors (Lipinski definition) is 4. The Morgan fingerprint density at radius 3 is 2.29 bits per heavy atom. The van der Waals surface area contributed by atoms with E-state index in [1.165, 1.54) is 12.0 Å². The molecule has 0 spiro atoms. The molecule has 0 saturated heterocycles. The van der Waals surface area contributed by atoms with Gasteiger partial charge >= 0.3 is 5.97 Å². The lowest BCUT2D eigenvalue weighted by molar-refractivity contribution is -0.147. The second-order valence-electron chi connectivity index (χ2n) is 8.67. The molecule has 0 aliphatic carbocycles. The van der Waals surface area contributed by atoms with Gasteiger partial charge in [0.25, 0.3) is 11.8 Å². The number of amides is 2. The number of carbonyl (C=O) groups is 3. The fourth-order valence-electron chi connectivity index (χ4n) is 4.25. The van der Waals surface area contributed by atoms with Crippen molar-refractivity contribution < 1.29 is 27.9 Å². The molecule has 180 valence electrons. The van der Waals surface area contributed by atoms with Gasteiger partial charge in [0.1, 0.15) is 17.7 Å². The van der Waals surface area contributed by atoms with Crippen LogP contribution in [0.1, 0.15) is 40.1 Å². The zero-order valence-corrected chi connectivity index (χ0v) is 19.5. The number of benzene rings is 3. The maximum atomic E-state index is 13.9. The van der Waals surface area contributed by atoms with E-state index in [1.54, 1.807) is 30.3 Å². The molecule has 2 amide bonds. The van der Waals surface area contributed by atoms with Crippen molar-refractivity contribution in [2.45, 2.75) is 26.4 Å². The van der Waals surface area contributed by atoms with Crippen LogP contribution in [0, 0.1) is 17.6 Å². The highest BCUT2D eigenvalue weighted by Crippen LogP contribution is 2.32. The van der Waals surface area contributed by atoms with E-state index < -0.39 is 29.6 Å². The third kappa shape index (κ3) is 4.77. The third-order valence-electron chi connectivity index (χ3n) is 6.00.